The quantitative estimate of drug-likeness (QED) is 0.803. The number of hydrogen-bond donors (Lipinski definition) is 0. The van der Waals surface area contributed by atoms with E-state index in [-0.39, 0.29) is 0 Å². The first-order valence-corrected chi connectivity index (χ1v) is 5.62. The number of rotatable bonds is 5. The van der Waals surface area contributed by atoms with Crippen LogP contribution >= 0.6 is 0 Å². The predicted molar refractivity (Wildman–Crippen MR) is 64.6 cm³/mol. The van der Waals surface area contributed by atoms with Crippen LogP contribution in [0.2, 0.25) is 0 Å². The summed E-state index contributed by atoms with van der Waals surface area (Å²) in [6.07, 6.45) is 0.937. The van der Waals surface area contributed by atoms with Crippen LogP contribution in [0.3, 0.4) is 0 Å². The molecule has 18 heavy (non-hydrogen) atoms. The molecule has 1 aromatic carbocycles. The van der Waals surface area contributed by atoms with Gasteiger partial charge in [0.05, 0.1) is 19.1 Å². The van der Waals surface area contributed by atoms with Crippen LogP contribution in [0.4, 0.5) is 0 Å². The summed E-state index contributed by atoms with van der Waals surface area (Å²) in [5, 5.41) is 12.7. The molecule has 5 nitrogen and oxygen atoms in total. The zero-order valence-electron chi connectivity index (χ0n) is 10.1. The minimum atomic E-state index is 0.325. The minimum Gasteiger partial charge on any atom is -0.384 e. The van der Waals surface area contributed by atoms with Crippen LogP contribution in [-0.4, -0.2) is 23.9 Å². The molecule has 0 atom stereocenters. The number of hydrogen-bond acceptors (Lipinski definition) is 5. The first kappa shape index (κ1) is 12.3. The molecule has 0 radical (unpaired) electrons. The van der Waals surface area contributed by atoms with Gasteiger partial charge in [-0.1, -0.05) is 23.4 Å². The van der Waals surface area contributed by atoms with E-state index in [1.54, 1.807) is 7.11 Å². The molecule has 0 saturated heterocycles. The van der Waals surface area contributed by atoms with Crippen molar-refractivity contribution in [1.82, 2.24) is 10.1 Å². The van der Waals surface area contributed by atoms with Crippen LogP contribution in [0.5, 0.6) is 0 Å². The highest BCUT2D eigenvalue weighted by molar-refractivity contribution is 5.58. The van der Waals surface area contributed by atoms with E-state index in [0.717, 1.165) is 11.1 Å². The van der Waals surface area contributed by atoms with E-state index in [2.05, 4.69) is 16.2 Å². The van der Waals surface area contributed by atoms with Gasteiger partial charge in [0.1, 0.15) is 0 Å². The molecule has 2 rings (SSSR count). The van der Waals surface area contributed by atoms with Gasteiger partial charge in [0.2, 0.25) is 0 Å². The van der Waals surface area contributed by atoms with Crippen molar-refractivity contribution < 1.29 is 9.26 Å². The van der Waals surface area contributed by atoms with Crippen LogP contribution in [0, 0.1) is 11.3 Å². The lowest BCUT2D eigenvalue weighted by Crippen LogP contribution is -1.96. The van der Waals surface area contributed by atoms with E-state index in [0.29, 0.717) is 31.2 Å². The highest BCUT2D eigenvalue weighted by Gasteiger charge is 2.12. The molecular formula is C13H13N3O2. The van der Waals surface area contributed by atoms with Crippen molar-refractivity contribution in [2.75, 3.05) is 13.7 Å². The molecule has 0 spiro atoms. The second kappa shape index (κ2) is 5.94. The van der Waals surface area contributed by atoms with Gasteiger partial charge in [-0.15, -0.1) is 0 Å². The molecule has 0 bridgehead atoms. The zero-order chi connectivity index (χ0) is 12.8. The Bertz CT molecular complexity index is 557. The van der Waals surface area contributed by atoms with Gasteiger partial charge < -0.3 is 9.26 Å². The maximum atomic E-state index is 8.78. The Kier molecular flexibility index (Phi) is 4.05. The molecule has 92 valence electrons. The first-order chi connectivity index (χ1) is 8.85. The summed E-state index contributed by atoms with van der Waals surface area (Å²) < 4.78 is 10.2. The molecule has 0 unspecified atom stereocenters. The van der Waals surface area contributed by atoms with E-state index >= 15 is 0 Å². The van der Waals surface area contributed by atoms with Gasteiger partial charge in [0, 0.05) is 19.1 Å². The lowest BCUT2D eigenvalue weighted by Gasteiger charge is -2.00. The highest BCUT2D eigenvalue weighted by atomic mass is 16.5. The van der Waals surface area contributed by atoms with Crippen molar-refractivity contribution in [3.8, 4) is 17.5 Å². The maximum absolute atomic E-state index is 8.78. The van der Waals surface area contributed by atoms with E-state index in [9.17, 15) is 0 Å². The van der Waals surface area contributed by atoms with Crippen LogP contribution < -0.4 is 0 Å². The van der Waals surface area contributed by atoms with Gasteiger partial charge in [-0.05, 0) is 11.6 Å². The zero-order valence-corrected chi connectivity index (χ0v) is 10.1. The molecule has 0 N–H and O–H groups in total. The summed E-state index contributed by atoms with van der Waals surface area (Å²) in [7, 11) is 1.63. The molecule has 1 aromatic heterocycles. The minimum absolute atomic E-state index is 0.325. The molecule has 5 heteroatoms. The fourth-order valence-corrected chi connectivity index (χ4v) is 1.63. The van der Waals surface area contributed by atoms with Gasteiger partial charge >= 0.3 is 0 Å². The second-order valence-corrected chi connectivity index (χ2v) is 3.75. The third kappa shape index (κ3) is 2.73. The monoisotopic (exact) mass is 243 g/mol. The van der Waals surface area contributed by atoms with Gasteiger partial charge in [-0.2, -0.15) is 10.2 Å². The van der Waals surface area contributed by atoms with Crippen LogP contribution in [0.1, 0.15) is 11.4 Å². The second-order valence-electron chi connectivity index (χ2n) is 3.75. The molecule has 1 heterocycles. The number of nitriles is 1. The standard InChI is InChI=1S/C13H13N3O2/c1-17-9-7-12-15-13(18-16-12)11-5-3-2-4-10(11)6-8-14/h2-5H,6-7,9H2,1H3. The summed E-state index contributed by atoms with van der Waals surface area (Å²) in [5.74, 6) is 1.06. The smallest absolute Gasteiger partial charge is 0.258 e. The molecule has 0 saturated carbocycles. The number of ether oxygens (including phenoxy) is 1. The average molecular weight is 243 g/mol. The van der Waals surface area contributed by atoms with Crippen molar-refractivity contribution in [3.05, 3.63) is 35.7 Å². The van der Waals surface area contributed by atoms with E-state index in [1.165, 1.54) is 0 Å². The molecule has 0 aliphatic carbocycles. The largest absolute Gasteiger partial charge is 0.384 e. The Morgan fingerprint density at radius 3 is 3.00 bits per heavy atom. The normalized spacial score (nSPS) is 10.2. The predicted octanol–water partition coefficient (Wildman–Crippen LogP) is 1.99. The third-order valence-electron chi connectivity index (χ3n) is 2.52. The topological polar surface area (TPSA) is 71.9 Å². The SMILES string of the molecule is COCCc1noc(-c2ccccc2CC#N)n1. The maximum Gasteiger partial charge on any atom is 0.258 e. The molecule has 0 aliphatic rings. The molecule has 0 amide bonds. The number of aromatic nitrogens is 2. The van der Waals surface area contributed by atoms with Gasteiger partial charge in [-0.3, -0.25) is 0 Å². The Morgan fingerprint density at radius 1 is 1.39 bits per heavy atom. The van der Waals surface area contributed by atoms with Crippen LogP contribution in [0.15, 0.2) is 28.8 Å². The van der Waals surface area contributed by atoms with Crippen molar-refractivity contribution in [2.24, 2.45) is 0 Å². The van der Waals surface area contributed by atoms with Crippen molar-refractivity contribution in [3.63, 3.8) is 0 Å². The van der Waals surface area contributed by atoms with Crippen molar-refractivity contribution in [2.45, 2.75) is 12.8 Å². The molecule has 0 aliphatic heterocycles. The summed E-state index contributed by atoms with van der Waals surface area (Å²) in [6, 6.07) is 9.66. The fourth-order valence-electron chi connectivity index (χ4n) is 1.63. The summed E-state index contributed by atoms with van der Waals surface area (Å²) in [6.45, 7) is 0.554. The van der Waals surface area contributed by atoms with Gasteiger partial charge in [0.15, 0.2) is 5.82 Å². The summed E-state index contributed by atoms with van der Waals surface area (Å²) in [4.78, 5) is 4.29. The number of nitrogens with zero attached hydrogens (tertiary/aromatic N) is 3. The van der Waals surface area contributed by atoms with E-state index < -0.39 is 0 Å². The van der Waals surface area contributed by atoms with Crippen LogP contribution in [0.25, 0.3) is 11.5 Å². The lowest BCUT2D eigenvalue weighted by molar-refractivity contribution is 0.199. The van der Waals surface area contributed by atoms with E-state index in [1.807, 2.05) is 24.3 Å². The van der Waals surface area contributed by atoms with E-state index in [4.69, 9.17) is 14.5 Å². The lowest BCUT2D eigenvalue weighted by atomic mass is 10.1. The summed E-state index contributed by atoms with van der Waals surface area (Å²) in [5.41, 5.74) is 1.71. The third-order valence-corrected chi connectivity index (χ3v) is 2.52. The Labute approximate surface area is 105 Å². The fraction of sp³-hybridized carbons (Fsp3) is 0.308. The number of methoxy groups -OCH3 is 1. The van der Waals surface area contributed by atoms with Crippen molar-refractivity contribution >= 4 is 0 Å². The van der Waals surface area contributed by atoms with Gasteiger partial charge in [-0.25, -0.2) is 0 Å². The molecule has 0 fully saturated rings. The average Bonchev–Trinajstić information content (AvgIpc) is 2.86. The Balaban J connectivity index is 2.26. The summed E-state index contributed by atoms with van der Waals surface area (Å²) >= 11 is 0. The van der Waals surface area contributed by atoms with Crippen molar-refractivity contribution in [1.29, 1.82) is 5.26 Å². The Hall–Kier alpha value is -2.19. The van der Waals surface area contributed by atoms with Gasteiger partial charge in [0.25, 0.3) is 5.89 Å². The Morgan fingerprint density at radius 2 is 2.22 bits per heavy atom. The first-order valence-electron chi connectivity index (χ1n) is 5.62. The highest BCUT2D eigenvalue weighted by Crippen LogP contribution is 2.22. The molecule has 2 aromatic rings. The van der Waals surface area contributed by atoms with Crippen LogP contribution in [-0.2, 0) is 17.6 Å². The molecular weight excluding hydrogens is 230 g/mol. The number of benzene rings is 1.